The first kappa shape index (κ1) is 19.5. The van der Waals surface area contributed by atoms with Crippen molar-refractivity contribution < 1.29 is 18.8 Å². The van der Waals surface area contributed by atoms with E-state index in [-0.39, 0.29) is 0 Å². The normalized spacial score (nSPS) is 19.2. The van der Waals surface area contributed by atoms with Gasteiger partial charge in [-0.05, 0) is 66.7 Å². The topological polar surface area (TPSA) is 49.7 Å². The number of hydrogen-bond donors (Lipinski definition) is 0. The van der Waals surface area contributed by atoms with E-state index in [1.165, 1.54) is 4.57 Å². The van der Waals surface area contributed by atoms with Gasteiger partial charge in [0.25, 0.3) is 0 Å². The summed E-state index contributed by atoms with van der Waals surface area (Å²) in [5.41, 5.74) is 0.0830. The second kappa shape index (κ2) is 6.11. The lowest BCUT2D eigenvalue weighted by molar-refractivity contribution is 0.00578. The molecule has 26 heavy (non-hydrogen) atoms. The monoisotopic (exact) mass is 421 g/mol. The van der Waals surface area contributed by atoms with Crippen LogP contribution in [0.2, 0.25) is 0 Å². The molecular formula is C19H25BBrNO4. The number of rotatable bonds is 1. The van der Waals surface area contributed by atoms with Crippen molar-refractivity contribution in [1.82, 2.24) is 4.57 Å². The summed E-state index contributed by atoms with van der Waals surface area (Å²) in [5, 5.41) is 0.892. The largest absolute Gasteiger partial charge is 0.497 e. The first-order chi connectivity index (χ1) is 11.8. The molecule has 140 valence electrons. The van der Waals surface area contributed by atoms with Crippen molar-refractivity contribution >= 4 is 45.5 Å². The van der Waals surface area contributed by atoms with Crippen molar-refractivity contribution in [3.8, 4) is 0 Å². The molecule has 1 aromatic carbocycles. The van der Waals surface area contributed by atoms with E-state index in [1.807, 2.05) is 66.7 Å². The standard InChI is InChI=1S/C19H25BBrNO4/c1-17(2,3)24-16(23)22-11-14(13-10-12(21)8-9-15(13)22)20-25-18(4,5)19(6,7)26-20/h8-11H,1-7H3. The van der Waals surface area contributed by atoms with Gasteiger partial charge in [0.1, 0.15) is 5.60 Å². The van der Waals surface area contributed by atoms with Gasteiger partial charge >= 0.3 is 13.2 Å². The summed E-state index contributed by atoms with van der Waals surface area (Å²) in [6.07, 6.45) is 1.33. The highest BCUT2D eigenvalue weighted by Gasteiger charge is 2.52. The third-order valence-electron chi connectivity index (χ3n) is 4.89. The molecule has 7 heteroatoms. The summed E-state index contributed by atoms with van der Waals surface area (Å²) in [6.45, 7) is 13.6. The van der Waals surface area contributed by atoms with Crippen LogP contribution in [0.15, 0.2) is 28.9 Å². The molecule has 5 nitrogen and oxygen atoms in total. The lowest BCUT2D eigenvalue weighted by Gasteiger charge is -2.32. The van der Waals surface area contributed by atoms with E-state index in [4.69, 9.17) is 14.0 Å². The fourth-order valence-electron chi connectivity index (χ4n) is 2.85. The maximum atomic E-state index is 12.7. The minimum atomic E-state index is -0.576. The van der Waals surface area contributed by atoms with Crippen molar-refractivity contribution in [3.63, 3.8) is 0 Å². The second-order valence-corrected chi connectivity index (χ2v) is 9.60. The molecule has 0 bridgehead atoms. The zero-order valence-corrected chi connectivity index (χ0v) is 17.9. The molecule has 0 atom stereocenters. The van der Waals surface area contributed by atoms with Crippen molar-refractivity contribution in [1.29, 1.82) is 0 Å². The van der Waals surface area contributed by atoms with Gasteiger partial charge in [0, 0.05) is 21.5 Å². The average Bonchev–Trinajstić information content (AvgIpc) is 2.91. The van der Waals surface area contributed by atoms with Crippen LogP contribution in [0, 0.1) is 0 Å². The van der Waals surface area contributed by atoms with Crippen molar-refractivity contribution in [3.05, 3.63) is 28.9 Å². The van der Waals surface area contributed by atoms with Gasteiger partial charge in [-0.1, -0.05) is 15.9 Å². The Hall–Kier alpha value is -1.31. The second-order valence-electron chi connectivity index (χ2n) is 8.68. The third-order valence-corrected chi connectivity index (χ3v) is 5.39. The maximum absolute atomic E-state index is 12.7. The predicted molar refractivity (Wildman–Crippen MR) is 107 cm³/mol. The molecule has 0 N–H and O–H groups in total. The van der Waals surface area contributed by atoms with E-state index in [0.717, 1.165) is 20.8 Å². The quantitative estimate of drug-likeness (QED) is 0.636. The summed E-state index contributed by atoms with van der Waals surface area (Å²) in [4.78, 5) is 12.7. The van der Waals surface area contributed by atoms with E-state index in [9.17, 15) is 4.79 Å². The zero-order chi connectivity index (χ0) is 19.5. The fraction of sp³-hybridized carbons (Fsp3) is 0.526. The average molecular weight is 422 g/mol. The molecule has 3 rings (SSSR count). The molecule has 0 unspecified atom stereocenters. The number of carbonyl (C=O) groups is 1. The first-order valence-electron chi connectivity index (χ1n) is 8.70. The van der Waals surface area contributed by atoms with Crippen LogP contribution in [0.25, 0.3) is 10.9 Å². The van der Waals surface area contributed by atoms with Gasteiger partial charge in [0.2, 0.25) is 0 Å². The molecule has 0 aliphatic carbocycles. The van der Waals surface area contributed by atoms with Gasteiger partial charge in [-0.2, -0.15) is 0 Å². The smallest absolute Gasteiger partial charge is 0.443 e. The van der Waals surface area contributed by atoms with Gasteiger partial charge in [-0.3, -0.25) is 4.57 Å². The summed E-state index contributed by atoms with van der Waals surface area (Å²) < 4.78 is 20.4. The fourth-order valence-corrected chi connectivity index (χ4v) is 3.21. The maximum Gasteiger partial charge on any atom is 0.497 e. The van der Waals surface area contributed by atoms with E-state index < -0.39 is 30.0 Å². The minimum absolute atomic E-state index is 0.424. The van der Waals surface area contributed by atoms with E-state index in [0.29, 0.717) is 0 Å². The molecule has 1 aromatic heterocycles. The highest BCUT2D eigenvalue weighted by molar-refractivity contribution is 9.10. The SMILES string of the molecule is CC(C)(C)OC(=O)n1cc(B2OC(C)(C)C(C)(C)O2)c2cc(Br)ccc21. The Morgan fingerprint density at radius 2 is 1.73 bits per heavy atom. The van der Waals surface area contributed by atoms with Gasteiger partial charge in [0.15, 0.2) is 0 Å². The van der Waals surface area contributed by atoms with Crippen molar-refractivity contribution in [2.45, 2.75) is 65.3 Å². The van der Waals surface area contributed by atoms with Crippen molar-refractivity contribution in [2.24, 2.45) is 0 Å². The highest BCUT2D eigenvalue weighted by Crippen LogP contribution is 2.37. The number of nitrogens with zero attached hydrogens (tertiary/aromatic N) is 1. The number of fused-ring (bicyclic) bond motifs is 1. The van der Waals surface area contributed by atoms with Crippen molar-refractivity contribution in [2.75, 3.05) is 0 Å². The third kappa shape index (κ3) is 3.44. The van der Waals surface area contributed by atoms with Crippen LogP contribution >= 0.6 is 15.9 Å². The summed E-state index contributed by atoms with van der Waals surface area (Å²) >= 11 is 3.51. The Labute approximate surface area is 163 Å². The highest BCUT2D eigenvalue weighted by atomic mass is 79.9. The molecule has 1 aliphatic heterocycles. The lowest BCUT2D eigenvalue weighted by atomic mass is 9.79. The van der Waals surface area contributed by atoms with Crippen LogP contribution in [0.5, 0.6) is 0 Å². The Kier molecular flexibility index (Phi) is 4.57. The number of carbonyl (C=O) groups excluding carboxylic acids is 1. The van der Waals surface area contributed by atoms with Crippen LogP contribution in [0.3, 0.4) is 0 Å². The number of hydrogen-bond acceptors (Lipinski definition) is 4. The Morgan fingerprint density at radius 3 is 2.27 bits per heavy atom. The van der Waals surface area contributed by atoms with E-state index in [2.05, 4.69) is 15.9 Å². The molecule has 2 aromatic rings. The molecule has 1 saturated heterocycles. The number of halogens is 1. The summed E-state index contributed by atoms with van der Waals surface area (Å²) in [5.74, 6) is 0. The molecule has 1 fully saturated rings. The van der Waals surface area contributed by atoms with E-state index in [1.54, 1.807) is 6.20 Å². The van der Waals surface area contributed by atoms with Gasteiger partial charge in [0.05, 0.1) is 16.7 Å². The van der Waals surface area contributed by atoms with Crippen LogP contribution in [-0.4, -0.2) is 34.6 Å². The van der Waals surface area contributed by atoms with Crippen LogP contribution in [0.1, 0.15) is 48.5 Å². The van der Waals surface area contributed by atoms with Gasteiger partial charge < -0.3 is 14.0 Å². The Morgan fingerprint density at radius 1 is 1.15 bits per heavy atom. The van der Waals surface area contributed by atoms with Crippen LogP contribution in [0.4, 0.5) is 4.79 Å². The van der Waals surface area contributed by atoms with Crippen LogP contribution < -0.4 is 5.46 Å². The predicted octanol–water partition coefficient (Wildman–Crippen LogP) is 4.49. The molecule has 2 heterocycles. The Bertz CT molecular complexity index is 850. The van der Waals surface area contributed by atoms with Crippen LogP contribution in [-0.2, 0) is 14.0 Å². The molecule has 0 amide bonds. The van der Waals surface area contributed by atoms with E-state index >= 15 is 0 Å². The molecule has 0 saturated carbocycles. The minimum Gasteiger partial charge on any atom is -0.443 e. The lowest BCUT2D eigenvalue weighted by Crippen LogP contribution is -2.41. The molecule has 0 radical (unpaired) electrons. The van der Waals surface area contributed by atoms with Gasteiger partial charge in [-0.15, -0.1) is 0 Å². The summed E-state index contributed by atoms with van der Waals surface area (Å²) in [6, 6.07) is 5.76. The number of ether oxygens (including phenoxy) is 1. The molecule has 1 aliphatic rings. The van der Waals surface area contributed by atoms with Gasteiger partial charge in [-0.25, -0.2) is 4.79 Å². The first-order valence-corrected chi connectivity index (χ1v) is 9.49. The number of benzene rings is 1. The zero-order valence-electron chi connectivity index (χ0n) is 16.3. The molecular weight excluding hydrogens is 397 g/mol. The number of aromatic nitrogens is 1. The Balaban J connectivity index is 2.10. The molecule has 0 spiro atoms. The summed E-state index contributed by atoms with van der Waals surface area (Å²) in [7, 11) is -0.555.